The largest absolute Gasteiger partial charge is 0.398 e. The third-order valence-corrected chi connectivity index (χ3v) is 17.8. The number of fused-ring (bicyclic) bond motifs is 2. The van der Waals surface area contributed by atoms with E-state index < -0.39 is 29.4 Å². The zero-order valence-electron chi connectivity index (χ0n) is 32.3. The average Bonchev–Trinajstić information content (AvgIpc) is 3.38. The van der Waals surface area contributed by atoms with E-state index in [4.69, 9.17) is 21.0 Å². The predicted molar refractivity (Wildman–Crippen MR) is 218 cm³/mol. The van der Waals surface area contributed by atoms with Crippen molar-refractivity contribution in [3.8, 4) is 0 Å². The van der Waals surface area contributed by atoms with Gasteiger partial charge in [0.05, 0.1) is 33.5 Å². The van der Waals surface area contributed by atoms with Crippen LogP contribution >= 0.6 is 11.6 Å². The summed E-state index contributed by atoms with van der Waals surface area (Å²) in [6.45, 7) is 12.6. The second kappa shape index (κ2) is 15.8. The lowest BCUT2D eigenvalue weighted by Crippen LogP contribution is -2.67. The Kier molecular flexibility index (Phi) is 11.7. The number of piperazine rings is 1. The van der Waals surface area contributed by atoms with Crippen LogP contribution in [0.2, 0.25) is 10.1 Å². The van der Waals surface area contributed by atoms with Crippen LogP contribution in [0.15, 0.2) is 95.9 Å². The van der Waals surface area contributed by atoms with Crippen LogP contribution in [-0.4, -0.2) is 76.0 Å². The molecule has 6 rings (SSSR count). The lowest BCUT2D eigenvalue weighted by atomic mass is 10.0. The van der Waals surface area contributed by atoms with Gasteiger partial charge in [0.15, 0.2) is 9.84 Å². The van der Waals surface area contributed by atoms with Crippen molar-refractivity contribution in [3.63, 3.8) is 0 Å². The smallest absolute Gasteiger partial charge is 0.261 e. The van der Waals surface area contributed by atoms with Gasteiger partial charge in [0.1, 0.15) is 18.2 Å². The molecule has 2 aliphatic rings. The predicted octanol–water partition coefficient (Wildman–Crippen LogP) is 6.38. The SMILES string of the molecule is CC(C)(C)CS(=O)(=O)c1cc(CNC(=O)CO[Si](c2ccccc2)(c2ccccc2)C(C)(C)C)nc(N2C3CCC2CN(C(=O)c2ccc(F)cc2Cl)C3)c1. The lowest BCUT2D eigenvalue weighted by molar-refractivity contribution is -0.123. The molecule has 0 saturated carbocycles. The number of amides is 2. The van der Waals surface area contributed by atoms with Crippen LogP contribution in [-0.2, 0) is 25.6 Å². The van der Waals surface area contributed by atoms with Crippen molar-refractivity contribution in [2.75, 3.05) is 30.3 Å². The van der Waals surface area contributed by atoms with Crippen LogP contribution < -0.4 is 20.6 Å². The summed E-state index contributed by atoms with van der Waals surface area (Å²) in [5, 5.41) is 4.81. The number of aromatic nitrogens is 1. The maximum atomic E-state index is 13.8. The van der Waals surface area contributed by atoms with E-state index in [1.807, 2.05) is 57.2 Å². The summed E-state index contributed by atoms with van der Waals surface area (Å²) in [6.07, 6.45) is 1.55. The highest BCUT2D eigenvalue weighted by atomic mass is 35.5. The molecule has 4 aromatic rings. The third-order valence-electron chi connectivity index (χ3n) is 10.3. The van der Waals surface area contributed by atoms with Crippen LogP contribution in [0.3, 0.4) is 0 Å². The van der Waals surface area contributed by atoms with Crippen molar-refractivity contribution in [3.05, 3.63) is 113 Å². The van der Waals surface area contributed by atoms with E-state index in [-0.39, 0.29) is 63.3 Å². The number of sulfone groups is 1. The highest BCUT2D eigenvalue weighted by Crippen LogP contribution is 2.38. The van der Waals surface area contributed by atoms with Crippen molar-refractivity contribution < 1.29 is 26.8 Å². The number of nitrogens with zero attached hydrogens (tertiary/aromatic N) is 3. The Balaban J connectivity index is 1.25. The standard InChI is InChI=1S/C42H50ClFN4O5SSi/c1-41(2,3)28-54(51,52)33-22-30(24-45-39(49)27-53-55(42(4,5)6,34-13-9-7-10-14-34)35-15-11-8-12-16-35)46-38(23-33)48-31-18-19-32(48)26-47(25-31)40(50)36-20-17-29(44)21-37(36)43/h7-17,20-23,31-32H,18-19,24-28H2,1-6H3,(H,45,49). The molecular weight excluding hydrogens is 755 g/mol. The highest BCUT2D eigenvalue weighted by Gasteiger charge is 2.50. The number of anilines is 1. The molecule has 0 aliphatic carbocycles. The van der Waals surface area contributed by atoms with Crippen molar-refractivity contribution >= 4 is 57.8 Å². The molecule has 3 aromatic carbocycles. The van der Waals surface area contributed by atoms with Gasteiger partial charge in [0, 0.05) is 25.2 Å². The summed E-state index contributed by atoms with van der Waals surface area (Å²) in [7, 11) is -6.71. The lowest BCUT2D eigenvalue weighted by Gasteiger charge is -2.42. The van der Waals surface area contributed by atoms with Gasteiger partial charge in [0.25, 0.3) is 14.2 Å². The number of nitrogens with one attached hydrogen (secondary N) is 1. The molecule has 55 heavy (non-hydrogen) atoms. The molecule has 3 heterocycles. The zero-order chi connectivity index (χ0) is 39.8. The number of benzene rings is 3. The first-order valence-corrected chi connectivity index (χ1v) is 22.6. The number of carbonyl (C=O) groups is 2. The number of halogens is 2. The number of likely N-dealkylation sites (tertiary alicyclic amines) is 1. The molecule has 1 N–H and O–H groups in total. The minimum atomic E-state index is -3.74. The summed E-state index contributed by atoms with van der Waals surface area (Å²) in [6, 6.07) is 26.8. The van der Waals surface area contributed by atoms with Crippen LogP contribution in [0.1, 0.15) is 70.4 Å². The molecule has 1 aromatic heterocycles. The summed E-state index contributed by atoms with van der Waals surface area (Å²) in [4.78, 5) is 36.0. The molecule has 13 heteroatoms. The van der Waals surface area contributed by atoms with E-state index in [1.165, 1.54) is 12.1 Å². The van der Waals surface area contributed by atoms with E-state index in [0.29, 0.717) is 24.6 Å². The van der Waals surface area contributed by atoms with Gasteiger partial charge >= 0.3 is 0 Å². The van der Waals surface area contributed by atoms with Gasteiger partial charge in [-0.2, -0.15) is 0 Å². The number of hydrogen-bond donors (Lipinski definition) is 1. The summed E-state index contributed by atoms with van der Waals surface area (Å²) in [5.74, 6) is -0.722. The van der Waals surface area contributed by atoms with Crippen molar-refractivity contribution in [1.29, 1.82) is 0 Å². The Morgan fingerprint density at radius 3 is 2.00 bits per heavy atom. The maximum absolute atomic E-state index is 13.8. The van der Waals surface area contributed by atoms with Crippen LogP contribution in [0.4, 0.5) is 10.2 Å². The highest BCUT2D eigenvalue weighted by molar-refractivity contribution is 7.91. The zero-order valence-corrected chi connectivity index (χ0v) is 34.9. The van der Waals surface area contributed by atoms with Gasteiger partial charge in [0.2, 0.25) is 5.91 Å². The maximum Gasteiger partial charge on any atom is 0.261 e. The second-order valence-corrected chi connectivity index (χ2v) is 23.5. The first kappa shape index (κ1) is 40.6. The van der Waals surface area contributed by atoms with E-state index in [2.05, 4.69) is 55.3 Å². The van der Waals surface area contributed by atoms with Gasteiger partial charge in [-0.25, -0.2) is 17.8 Å². The quantitative estimate of drug-likeness (QED) is 0.176. The average molecular weight is 805 g/mol. The molecule has 292 valence electrons. The van der Waals surface area contributed by atoms with Gasteiger partial charge in [-0.1, -0.05) is 114 Å². The van der Waals surface area contributed by atoms with Gasteiger partial charge in [-0.15, -0.1) is 0 Å². The molecule has 9 nitrogen and oxygen atoms in total. The van der Waals surface area contributed by atoms with Crippen LogP contribution in [0.5, 0.6) is 0 Å². The van der Waals surface area contributed by atoms with Crippen LogP contribution in [0, 0.1) is 11.2 Å². The Bertz CT molecular complexity index is 2090. The normalized spacial score (nSPS) is 17.7. The topological polar surface area (TPSA) is 109 Å². The van der Waals surface area contributed by atoms with Crippen molar-refractivity contribution in [2.24, 2.45) is 5.41 Å². The van der Waals surface area contributed by atoms with Crippen molar-refractivity contribution in [1.82, 2.24) is 15.2 Å². The molecule has 2 fully saturated rings. The summed E-state index contributed by atoms with van der Waals surface area (Å²) < 4.78 is 48.2. The Morgan fingerprint density at radius 1 is 0.891 bits per heavy atom. The summed E-state index contributed by atoms with van der Waals surface area (Å²) >= 11 is 6.25. The minimum absolute atomic E-state index is 0.00827. The summed E-state index contributed by atoms with van der Waals surface area (Å²) in [5.41, 5.74) is 0.141. The molecular formula is C42H50ClFN4O5SSi. The molecule has 2 bridgehead atoms. The Morgan fingerprint density at radius 2 is 1.47 bits per heavy atom. The van der Waals surface area contributed by atoms with Gasteiger partial charge in [-0.05, 0) is 64.0 Å². The van der Waals surface area contributed by atoms with Gasteiger partial charge in [-0.3, -0.25) is 9.59 Å². The molecule has 2 unspecified atom stereocenters. The van der Waals surface area contributed by atoms with Crippen molar-refractivity contribution in [2.45, 2.75) is 82.9 Å². The minimum Gasteiger partial charge on any atom is -0.398 e. The number of hydrogen-bond acceptors (Lipinski definition) is 7. The molecule has 2 aliphatic heterocycles. The Labute approximate surface area is 330 Å². The van der Waals surface area contributed by atoms with E-state index in [1.54, 1.807) is 17.0 Å². The molecule has 0 radical (unpaired) electrons. The van der Waals surface area contributed by atoms with E-state index in [0.717, 1.165) is 29.3 Å². The fraction of sp³-hybridized carbons (Fsp3) is 0.405. The fourth-order valence-electron chi connectivity index (χ4n) is 8.05. The Hall–Kier alpha value is -4.10. The first-order valence-electron chi connectivity index (χ1n) is 18.7. The van der Waals surface area contributed by atoms with Gasteiger partial charge < -0.3 is 19.5 Å². The fourth-order valence-corrected chi connectivity index (χ4v) is 14.7. The monoisotopic (exact) mass is 804 g/mol. The molecule has 2 saturated heterocycles. The molecule has 0 spiro atoms. The number of carbonyl (C=O) groups excluding carboxylic acids is 2. The third kappa shape index (κ3) is 8.82. The van der Waals surface area contributed by atoms with E-state index in [9.17, 15) is 22.4 Å². The second-order valence-electron chi connectivity index (χ2n) is 16.8. The first-order chi connectivity index (χ1) is 25.9. The number of pyridine rings is 1. The van der Waals surface area contributed by atoms with E-state index >= 15 is 0 Å². The number of rotatable bonds is 11. The molecule has 2 amide bonds. The van der Waals surface area contributed by atoms with Crippen LogP contribution in [0.25, 0.3) is 0 Å². The molecule has 2 atom stereocenters.